The third-order valence-electron chi connectivity index (χ3n) is 4.64. The van der Waals surface area contributed by atoms with Gasteiger partial charge in [0.25, 0.3) is 0 Å². The van der Waals surface area contributed by atoms with Crippen LogP contribution in [-0.2, 0) is 11.2 Å². The summed E-state index contributed by atoms with van der Waals surface area (Å²) >= 11 is 0. The molecular formula is C17H26N6O. The number of rotatable bonds is 7. The predicted molar refractivity (Wildman–Crippen MR) is 93.8 cm³/mol. The molecule has 1 atom stereocenters. The van der Waals surface area contributed by atoms with E-state index >= 15 is 0 Å². The molecule has 3 rings (SSSR count). The van der Waals surface area contributed by atoms with Gasteiger partial charge in [-0.15, -0.1) is 0 Å². The number of aryl methyl sites for hydroxylation is 1. The molecule has 0 saturated carbocycles. The van der Waals surface area contributed by atoms with Crippen molar-refractivity contribution in [2.45, 2.75) is 32.6 Å². The van der Waals surface area contributed by atoms with Crippen LogP contribution >= 0.6 is 0 Å². The van der Waals surface area contributed by atoms with Crippen molar-refractivity contribution in [2.75, 3.05) is 31.5 Å². The highest BCUT2D eigenvalue weighted by Gasteiger charge is 2.23. The third kappa shape index (κ3) is 3.84. The van der Waals surface area contributed by atoms with Gasteiger partial charge in [0, 0.05) is 30.9 Å². The van der Waals surface area contributed by atoms with E-state index in [-0.39, 0.29) is 11.8 Å². The Labute approximate surface area is 142 Å². The van der Waals surface area contributed by atoms with Gasteiger partial charge in [0.05, 0.1) is 12.1 Å². The van der Waals surface area contributed by atoms with Gasteiger partial charge < -0.3 is 16.0 Å². The van der Waals surface area contributed by atoms with Gasteiger partial charge in [-0.05, 0) is 38.8 Å². The molecule has 1 fully saturated rings. The minimum absolute atomic E-state index is 0.0164. The van der Waals surface area contributed by atoms with Crippen molar-refractivity contribution in [3.63, 3.8) is 0 Å². The third-order valence-corrected chi connectivity index (χ3v) is 4.64. The summed E-state index contributed by atoms with van der Waals surface area (Å²) in [6.07, 6.45) is 5.67. The van der Waals surface area contributed by atoms with Crippen LogP contribution in [0.3, 0.4) is 0 Å². The Morgan fingerprint density at radius 3 is 3.17 bits per heavy atom. The van der Waals surface area contributed by atoms with E-state index in [1.807, 2.05) is 10.6 Å². The maximum atomic E-state index is 11.3. The molecule has 130 valence electrons. The van der Waals surface area contributed by atoms with Gasteiger partial charge in [-0.1, -0.05) is 6.92 Å². The number of nitrogens with two attached hydrogens (primary N) is 1. The number of aromatic nitrogens is 3. The maximum Gasteiger partial charge on any atom is 0.221 e. The van der Waals surface area contributed by atoms with Crippen molar-refractivity contribution in [3.05, 3.63) is 24.0 Å². The molecule has 0 bridgehead atoms. The van der Waals surface area contributed by atoms with Gasteiger partial charge in [-0.2, -0.15) is 9.61 Å². The van der Waals surface area contributed by atoms with Gasteiger partial charge >= 0.3 is 0 Å². The normalized spacial score (nSPS) is 18.8. The van der Waals surface area contributed by atoms with E-state index in [2.05, 4.69) is 33.3 Å². The summed E-state index contributed by atoms with van der Waals surface area (Å²) in [4.78, 5) is 18.2. The standard InChI is InChI=1S/C17H26N6O/c1-2-14-11-16(23-15(21-14)6-8-20-23)19-7-4-10-22-9-3-5-13(12-22)17(18)24/h6,8,11,13,19H,2-5,7,9-10,12H2,1H3,(H2,18,24)/t13-/m1/s1. The van der Waals surface area contributed by atoms with Crippen molar-refractivity contribution >= 4 is 17.4 Å². The van der Waals surface area contributed by atoms with Crippen molar-refractivity contribution in [2.24, 2.45) is 11.7 Å². The summed E-state index contributed by atoms with van der Waals surface area (Å²) < 4.78 is 1.84. The Kier molecular flexibility index (Phi) is 5.30. The van der Waals surface area contributed by atoms with Crippen LogP contribution in [0.25, 0.3) is 5.65 Å². The smallest absolute Gasteiger partial charge is 0.221 e. The van der Waals surface area contributed by atoms with Gasteiger partial charge in [0.15, 0.2) is 5.65 Å². The molecule has 1 aliphatic rings. The molecule has 24 heavy (non-hydrogen) atoms. The number of carbonyl (C=O) groups is 1. The van der Waals surface area contributed by atoms with Crippen LogP contribution < -0.4 is 11.1 Å². The number of piperidine rings is 1. The lowest BCUT2D eigenvalue weighted by atomic mass is 9.97. The number of hydrogen-bond donors (Lipinski definition) is 2. The highest BCUT2D eigenvalue weighted by molar-refractivity contribution is 5.76. The number of hydrogen-bond acceptors (Lipinski definition) is 5. The largest absolute Gasteiger partial charge is 0.370 e. The Balaban J connectivity index is 1.52. The van der Waals surface area contributed by atoms with Crippen molar-refractivity contribution in [1.29, 1.82) is 0 Å². The highest BCUT2D eigenvalue weighted by atomic mass is 16.1. The fourth-order valence-electron chi connectivity index (χ4n) is 3.28. The van der Waals surface area contributed by atoms with E-state index in [4.69, 9.17) is 5.73 Å². The van der Waals surface area contributed by atoms with Crippen molar-refractivity contribution in [1.82, 2.24) is 19.5 Å². The summed E-state index contributed by atoms with van der Waals surface area (Å²) in [6, 6.07) is 3.98. The average Bonchev–Trinajstić information content (AvgIpc) is 3.07. The monoisotopic (exact) mass is 330 g/mol. The number of nitrogens with one attached hydrogen (secondary N) is 1. The van der Waals surface area contributed by atoms with E-state index in [9.17, 15) is 4.79 Å². The number of primary amides is 1. The fourth-order valence-corrected chi connectivity index (χ4v) is 3.28. The van der Waals surface area contributed by atoms with Crippen molar-refractivity contribution < 1.29 is 4.79 Å². The molecule has 0 spiro atoms. The lowest BCUT2D eigenvalue weighted by Crippen LogP contribution is -2.41. The molecule has 2 aromatic heterocycles. The first-order valence-electron chi connectivity index (χ1n) is 8.76. The van der Waals surface area contributed by atoms with Crippen LogP contribution in [0.4, 0.5) is 5.82 Å². The number of likely N-dealkylation sites (tertiary alicyclic amines) is 1. The number of anilines is 1. The number of carbonyl (C=O) groups excluding carboxylic acids is 1. The first kappa shape index (κ1) is 16.7. The molecule has 2 aromatic rings. The van der Waals surface area contributed by atoms with E-state index in [1.54, 1.807) is 6.20 Å². The molecule has 7 heteroatoms. The minimum atomic E-state index is -0.164. The zero-order valence-electron chi connectivity index (χ0n) is 14.2. The molecule has 0 aromatic carbocycles. The second-order valence-corrected chi connectivity index (χ2v) is 6.41. The van der Waals surface area contributed by atoms with Crippen LogP contribution in [-0.4, -0.2) is 51.6 Å². The molecule has 3 N–H and O–H groups in total. The lowest BCUT2D eigenvalue weighted by Gasteiger charge is -2.31. The fraction of sp³-hybridized carbons (Fsp3) is 0.588. The average molecular weight is 330 g/mol. The zero-order valence-corrected chi connectivity index (χ0v) is 14.2. The summed E-state index contributed by atoms with van der Waals surface area (Å²) in [5.74, 6) is 0.834. The molecule has 1 saturated heterocycles. The number of amides is 1. The van der Waals surface area contributed by atoms with Crippen LogP contribution in [0.1, 0.15) is 31.9 Å². The molecule has 1 aliphatic heterocycles. The van der Waals surface area contributed by atoms with E-state index in [0.29, 0.717) is 0 Å². The zero-order chi connectivity index (χ0) is 16.9. The molecule has 0 aliphatic carbocycles. The maximum absolute atomic E-state index is 11.3. The Bertz CT molecular complexity index is 697. The van der Waals surface area contributed by atoms with Gasteiger partial charge in [0.1, 0.15) is 5.82 Å². The number of nitrogens with zero attached hydrogens (tertiary/aromatic N) is 4. The first-order valence-corrected chi connectivity index (χ1v) is 8.76. The Morgan fingerprint density at radius 1 is 1.50 bits per heavy atom. The van der Waals surface area contributed by atoms with Gasteiger partial charge in [-0.25, -0.2) is 4.98 Å². The van der Waals surface area contributed by atoms with Gasteiger partial charge in [-0.3, -0.25) is 4.79 Å². The molecule has 7 nitrogen and oxygen atoms in total. The quantitative estimate of drug-likeness (QED) is 0.747. The Hall–Kier alpha value is -2.15. The second-order valence-electron chi connectivity index (χ2n) is 6.41. The topological polar surface area (TPSA) is 88.5 Å². The van der Waals surface area contributed by atoms with Crippen LogP contribution in [0.15, 0.2) is 18.3 Å². The van der Waals surface area contributed by atoms with E-state index in [1.165, 1.54) is 0 Å². The van der Waals surface area contributed by atoms with Crippen molar-refractivity contribution in [3.8, 4) is 0 Å². The molecule has 0 radical (unpaired) electrons. The van der Waals surface area contributed by atoms with E-state index in [0.717, 1.165) is 69.0 Å². The summed E-state index contributed by atoms with van der Waals surface area (Å²) in [6.45, 7) is 5.80. The number of fused-ring (bicyclic) bond motifs is 1. The molecular weight excluding hydrogens is 304 g/mol. The minimum Gasteiger partial charge on any atom is -0.370 e. The molecule has 3 heterocycles. The summed E-state index contributed by atoms with van der Waals surface area (Å²) in [5, 5.41) is 7.79. The van der Waals surface area contributed by atoms with E-state index < -0.39 is 0 Å². The summed E-state index contributed by atoms with van der Waals surface area (Å²) in [5.41, 5.74) is 7.37. The van der Waals surface area contributed by atoms with Crippen LogP contribution in [0, 0.1) is 5.92 Å². The first-order chi connectivity index (χ1) is 11.7. The van der Waals surface area contributed by atoms with Gasteiger partial charge in [0.2, 0.25) is 5.91 Å². The SMILES string of the molecule is CCc1cc(NCCCN2CCC[C@@H](C(N)=O)C2)n2nccc2n1. The predicted octanol–water partition coefficient (Wildman–Crippen LogP) is 1.29. The lowest BCUT2D eigenvalue weighted by molar-refractivity contribution is -0.123. The van der Waals surface area contributed by atoms with Crippen LogP contribution in [0.5, 0.6) is 0 Å². The van der Waals surface area contributed by atoms with Crippen LogP contribution in [0.2, 0.25) is 0 Å². The highest BCUT2D eigenvalue weighted by Crippen LogP contribution is 2.16. The molecule has 0 unspecified atom stereocenters. The molecule has 1 amide bonds. The summed E-state index contributed by atoms with van der Waals surface area (Å²) in [7, 11) is 0. The second kappa shape index (κ2) is 7.61. The Morgan fingerprint density at radius 2 is 2.38 bits per heavy atom.